The lowest BCUT2D eigenvalue weighted by atomic mass is 10.1. The fourth-order valence-corrected chi connectivity index (χ4v) is 1.08. The second kappa shape index (κ2) is 8.37. The lowest BCUT2D eigenvalue weighted by molar-refractivity contribution is -0.140. The summed E-state index contributed by atoms with van der Waals surface area (Å²) in [6.07, 6.45) is 0.108. The summed E-state index contributed by atoms with van der Waals surface area (Å²) in [6.45, 7) is 2.19. The molecule has 7 heteroatoms. The highest BCUT2D eigenvalue weighted by Gasteiger charge is 2.09. The van der Waals surface area contributed by atoms with Crippen LogP contribution in [0.3, 0.4) is 0 Å². The Labute approximate surface area is 99.5 Å². The Morgan fingerprint density at radius 2 is 1.94 bits per heavy atom. The number of hydrogen-bond acceptors (Lipinski definition) is 4. The Hall–Kier alpha value is -1.79. The smallest absolute Gasteiger partial charge is 0.314 e. The lowest BCUT2D eigenvalue weighted by Crippen LogP contribution is -2.39. The van der Waals surface area contributed by atoms with E-state index in [1.807, 2.05) is 0 Å². The van der Waals surface area contributed by atoms with Gasteiger partial charge in [0, 0.05) is 19.5 Å². The van der Waals surface area contributed by atoms with Crippen LogP contribution in [0.15, 0.2) is 0 Å². The second-order valence-corrected chi connectivity index (χ2v) is 3.67. The van der Waals surface area contributed by atoms with Crippen LogP contribution in [-0.2, 0) is 14.3 Å². The molecular formula is C10H18N2O5. The van der Waals surface area contributed by atoms with Gasteiger partial charge in [-0.05, 0) is 5.92 Å². The number of carbonyl (C=O) groups excluding carboxylic acids is 2. The van der Waals surface area contributed by atoms with Gasteiger partial charge in [0.2, 0.25) is 0 Å². The molecule has 0 aromatic rings. The summed E-state index contributed by atoms with van der Waals surface area (Å²) in [5.41, 5.74) is 0. The SMILES string of the molecule is COC(=O)CCNC(=O)NCC(C)CC(=O)O. The Morgan fingerprint density at radius 1 is 1.29 bits per heavy atom. The van der Waals surface area contributed by atoms with Gasteiger partial charge in [-0.1, -0.05) is 6.92 Å². The number of methoxy groups -OCH3 is 1. The van der Waals surface area contributed by atoms with Gasteiger partial charge in [0.1, 0.15) is 0 Å². The van der Waals surface area contributed by atoms with Gasteiger partial charge < -0.3 is 20.5 Å². The van der Waals surface area contributed by atoms with E-state index in [4.69, 9.17) is 5.11 Å². The van der Waals surface area contributed by atoms with E-state index in [2.05, 4.69) is 15.4 Å². The number of ether oxygens (including phenoxy) is 1. The van der Waals surface area contributed by atoms with E-state index in [-0.39, 0.29) is 31.8 Å². The minimum absolute atomic E-state index is 0.00242. The molecule has 98 valence electrons. The molecule has 0 aliphatic carbocycles. The van der Waals surface area contributed by atoms with Crippen molar-refractivity contribution in [2.45, 2.75) is 19.8 Å². The van der Waals surface area contributed by atoms with Crippen molar-refractivity contribution in [2.24, 2.45) is 5.92 Å². The first-order chi connectivity index (χ1) is 7.95. The van der Waals surface area contributed by atoms with Gasteiger partial charge in [0.05, 0.1) is 13.5 Å². The molecule has 0 aliphatic rings. The van der Waals surface area contributed by atoms with Crippen molar-refractivity contribution in [1.29, 1.82) is 0 Å². The lowest BCUT2D eigenvalue weighted by Gasteiger charge is -2.11. The molecular weight excluding hydrogens is 228 g/mol. The molecule has 0 spiro atoms. The summed E-state index contributed by atoms with van der Waals surface area (Å²) < 4.78 is 4.40. The first-order valence-corrected chi connectivity index (χ1v) is 5.26. The van der Waals surface area contributed by atoms with E-state index in [1.165, 1.54) is 7.11 Å². The van der Waals surface area contributed by atoms with E-state index in [0.29, 0.717) is 0 Å². The number of hydrogen-bond donors (Lipinski definition) is 3. The van der Waals surface area contributed by atoms with Crippen LogP contribution in [0.1, 0.15) is 19.8 Å². The summed E-state index contributed by atoms with van der Waals surface area (Å²) in [5, 5.41) is 13.5. The summed E-state index contributed by atoms with van der Waals surface area (Å²) in [4.78, 5) is 32.3. The third-order valence-electron chi connectivity index (χ3n) is 1.98. The summed E-state index contributed by atoms with van der Waals surface area (Å²) >= 11 is 0. The van der Waals surface area contributed by atoms with Crippen LogP contribution >= 0.6 is 0 Å². The molecule has 1 unspecified atom stereocenters. The molecule has 0 radical (unpaired) electrons. The zero-order valence-corrected chi connectivity index (χ0v) is 9.99. The molecule has 0 rings (SSSR count). The molecule has 0 fully saturated rings. The van der Waals surface area contributed by atoms with Crippen molar-refractivity contribution in [3.05, 3.63) is 0 Å². The van der Waals surface area contributed by atoms with Crippen molar-refractivity contribution in [1.82, 2.24) is 10.6 Å². The van der Waals surface area contributed by atoms with Crippen LogP contribution in [0.25, 0.3) is 0 Å². The van der Waals surface area contributed by atoms with Gasteiger partial charge in [0.25, 0.3) is 0 Å². The van der Waals surface area contributed by atoms with Crippen LogP contribution < -0.4 is 10.6 Å². The first-order valence-electron chi connectivity index (χ1n) is 5.26. The van der Waals surface area contributed by atoms with E-state index < -0.39 is 18.0 Å². The predicted molar refractivity (Wildman–Crippen MR) is 59.5 cm³/mol. The number of carboxylic acid groups (broad SMARTS) is 1. The number of urea groups is 1. The number of carboxylic acids is 1. The highest BCUT2D eigenvalue weighted by molar-refractivity contribution is 5.75. The highest BCUT2D eigenvalue weighted by atomic mass is 16.5. The minimum Gasteiger partial charge on any atom is -0.481 e. The number of esters is 1. The molecule has 0 aromatic carbocycles. The normalized spacial score (nSPS) is 11.4. The van der Waals surface area contributed by atoms with E-state index >= 15 is 0 Å². The van der Waals surface area contributed by atoms with Crippen molar-refractivity contribution in [2.75, 3.05) is 20.2 Å². The van der Waals surface area contributed by atoms with Crippen molar-refractivity contribution in [3.8, 4) is 0 Å². The maximum Gasteiger partial charge on any atom is 0.314 e. The van der Waals surface area contributed by atoms with Crippen LogP contribution in [0.5, 0.6) is 0 Å². The third-order valence-corrected chi connectivity index (χ3v) is 1.98. The topological polar surface area (TPSA) is 105 Å². The van der Waals surface area contributed by atoms with Gasteiger partial charge in [0.15, 0.2) is 0 Å². The predicted octanol–water partition coefficient (Wildman–Crippen LogP) is -0.0405. The molecule has 0 aliphatic heterocycles. The highest BCUT2D eigenvalue weighted by Crippen LogP contribution is 1.98. The maximum atomic E-state index is 11.2. The van der Waals surface area contributed by atoms with Crippen molar-refractivity contribution >= 4 is 18.0 Å². The number of rotatable bonds is 7. The summed E-state index contributed by atoms with van der Waals surface area (Å²) in [6, 6.07) is -0.425. The Balaban J connectivity index is 3.59. The molecule has 0 bridgehead atoms. The third kappa shape index (κ3) is 9.16. The minimum atomic E-state index is -0.898. The molecule has 3 N–H and O–H groups in total. The van der Waals surface area contributed by atoms with E-state index in [0.717, 1.165) is 0 Å². The van der Waals surface area contributed by atoms with E-state index in [9.17, 15) is 14.4 Å². The monoisotopic (exact) mass is 246 g/mol. The quantitative estimate of drug-likeness (QED) is 0.547. The molecule has 17 heavy (non-hydrogen) atoms. The number of carbonyl (C=O) groups is 3. The molecule has 2 amide bonds. The van der Waals surface area contributed by atoms with Gasteiger partial charge in [-0.15, -0.1) is 0 Å². The molecule has 7 nitrogen and oxygen atoms in total. The molecule has 0 aromatic heterocycles. The van der Waals surface area contributed by atoms with Gasteiger partial charge >= 0.3 is 18.0 Å². The zero-order valence-electron chi connectivity index (χ0n) is 9.99. The summed E-state index contributed by atoms with van der Waals surface area (Å²) in [7, 11) is 1.27. The van der Waals surface area contributed by atoms with Crippen LogP contribution in [0, 0.1) is 5.92 Å². The largest absolute Gasteiger partial charge is 0.481 e. The average Bonchev–Trinajstić information content (AvgIpc) is 2.25. The van der Waals surface area contributed by atoms with Crippen LogP contribution in [-0.4, -0.2) is 43.3 Å². The molecule has 1 atom stereocenters. The van der Waals surface area contributed by atoms with Gasteiger partial charge in [-0.2, -0.15) is 0 Å². The number of aliphatic carboxylic acids is 1. The average molecular weight is 246 g/mol. The standard InChI is InChI=1S/C10H18N2O5/c1-7(5-8(13)14)6-12-10(16)11-4-3-9(15)17-2/h7H,3-6H2,1-2H3,(H,13,14)(H2,11,12,16). The first kappa shape index (κ1) is 15.2. The Kier molecular flexibility index (Phi) is 7.49. The molecule has 0 heterocycles. The van der Waals surface area contributed by atoms with Crippen LogP contribution in [0.4, 0.5) is 4.79 Å². The number of amides is 2. The van der Waals surface area contributed by atoms with Crippen molar-refractivity contribution < 1.29 is 24.2 Å². The fourth-order valence-electron chi connectivity index (χ4n) is 1.08. The Morgan fingerprint density at radius 3 is 2.47 bits per heavy atom. The van der Waals surface area contributed by atoms with Crippen LogP contribution in [0.2, 0.25) is 0 Å². The van der Waals surface area contributed by atoms with Crippen molar-refractivity contribution in [3.63, 3.8) is 0 Å². The fraction of sp³-hybridized carbons (Fsp3) is 0.700. The zero-order chi connectivity index (χ0) is 13.3. The second-order valence-electron chi connectivity index (χ2n) is 3.67. The maximum absolute atomic E-state index is 11.2. The molecule has 0 saturated carbocycles. The van der Waals surface area contributed by atoms with Gasteiger partial charge in [-0.3, -0.25) is 9.59 Å². The van der Waals surface area contributed by atoms with Gasteiger partial charge in [-0.25, -0.2) is 4.79 Å². The Bertz CT molecular complexity index is 280. The number of nitrogens with one attached hydrogen (secondary N) is 2. The summed E-state index contributed by atoms with van der Waals surface area (Å²) in [5.74, 6) is -1.44. The van der Waals surface area contributed by atoms with E-state index in [1.54, 1.807) is 6.92 Å². The molecule has 0 saturated heterocycles.